The molecule has 1 saturated carbocycles. The average molecular weight is 564 g/mol. The maximum absolute atomic E-state index is 13.8. The summed E-state index contributed by atoms with van der Waals surface area (Å²) in [5.41, 5.74) is 9.62. The van der Waals surface area contributed by atoms with Crippen molar-refractivity contribution in [3.8, 4) is 0 Å². The molecule has 0 aromatic carbocycles. The number of carbonyl (C=O) groups excluding carboxylic acids is 4. The summed E-state index contributed by atoms with van der Waals surface area (Å²) in [5, 5.41) is 21.6. The molecular weight excluding hydrogens is 522 g/mol. The van der Waals surface area contributed by atoms with Crippen molar-refractivity contribution in [2.75, 3.05) is 18.1 Å². The van der Waals surface area contributed by atoms with E-state index in [1.807, 2.05) is 0 Å². The minimum atomic E-state index is -1.39. The molecule has 0 unspecified atom stereocenters. The van der Waals surface area contributed by atoms with Crippen LogP contribution in [0, 0.1) is 5.92 Å². The molecule has 2 aliphatic heterocycles. The third kappa shape index (κ3) is 6.46. The number of aliphatic hydroxyl groups is 1. The zero-order valence-electron chi connectivity index (χ0n) is 22.8. The number of rotatable bonds is 9. The molecule has 3 heterocycles. The van der Waals surface area contributed by atoms with Crippen LogP contribution < -0.4 is 16.8 Å². The summed E-state index contributed by atoms with van der Waals surface area (Å²) in [6.07, 6.45) is 8.30. The van der Waals surface area contributed by atoms with Crippen LogP contribution in [0.4, 0.5) is 0 Å². The first-order valence-corrected chi connectivity index (χ1v) is 15.0. The van der Waals surface area contributed by atoms with E-state index in [2.05, 4.69) is 15.6 Å². The van der Waals surface area contributed by atoms with Crippen LogP contribution in [0.15, 0.2) is 6.20 Å². The average Bonchev–Trinajstić information content (AvgIpc) is 3.56. The van der Waals surface area contributed by atoms with Crippen molar-refractivity contribution in [3.05, 3.63) is 11.9 Å². The molecule has 0 radical (unpaired) electrons. The van der Waals surface area contributed by atoms with Gasteiger partial charge >= 0.3 is 0 Å². The number of carbonyl (C=O) groups is 4. The molecule has 6 N–H and O–H groups in total. The Morgan fingerprint density at radius 3 is 2.49 bits per heavy atom. The molecular formula is C26H41N7O5S. The van der Waals surface area contributed by atoms with E-state index in [1.54, 1.807) is 30.3 Å². The second-order valence-electron chi connectivity index (χ2n) is 11.7. The predicted molar refractivity (Wildman–Crippen MR) is 145 cm³/mol. The third-order valence-electron chi connectivity index (χ3n) is 8.41. The zero-order chi connectivity index (χ0) is 28.4. The van der Waals surface area contributed by atoms with Gasteiger partial charge in [-0.2, -0.15) is 11.8 Å². The minimum absolute atomic E-state index is 0.147. The molecule has 216 valence electrons. The molecule has 12 nitrogen and oxygen atoms in total. The number of nitrogens with two attached hydrogens (primary N) is 2. The quantitative estimate of drug-likeness (QED) is 0.308. The number of thioether (sulfide) groups is 1. The van der Waals surface area contributed by atoms with E-state index in [0.717, 1.165) is 25.7 Å². The van der Waals surface area contributed by atoms with Gasteiger partial charge in [-0.05, 0) is 50.5 Å². The number of amides is 3. The highest BCUT2D eigenvalue weighted by atomic mass is 32.2. The smallest absolute Gasteiger partial charge is 0.287 e. The van der Waals surface area contributed by atoms with Crippen molar-refractivity contribution in [2.45, 2.75) is 101 Å². The molecule has 1 aliphatic carbocycles. The first kappa shape index (κ1) is 29.5. The normalized spacial score (nSPS) is 24.8. The number of likely N-dealkylation sites (tertiary alicyclic amines) is 1. The van der Waals surface area contributed by atoms with E-state index in [0.29, 0.717) is 29.5 Å². The van der Waals surface area contributed by atoms with Crippen molar-refractivity contribution in [2.24, 2.45) is 17.4 Å². The monoisotopic (exact) mass is 563 g/mol. The standard InChI is InChI=1S/C26H41N7O5S/c1-25(2,38)20-14-29-31-33(20)17-13-19(23(36)30-26(21(34)22(28)35)8-10-39-11-9-26)32(15-17)24(37)18(27)12-16-6-4-3-5-7-16/h14,16-19,38H,3-13,15,27H2,1-2H3,(H2,28,35)(H,30,36)/t17-,18+,19-/m0/s1. The first-order chi connectivity index (χ1) is 18.4. The highest BCUT2D eigenvalue weighted by molar-refractivity contribution is 7.99. The Morgan fingerprint density at radius 1 is 1.21 bits per heavy atom. The summed E-state index contributed by atoms with van der Waals surface area (Å²) in [4.78, 5) is 53.8. The van der Waals surface area contributed by atoms with Crippen molar-refractivity contribution < 1.29 is 24.3 Å². The van der Waals surface area contributed by atoms with Gasteiger partial charge in [-0.15, -0.1) is 5.10 Å². The molecule has 2 saturated heterocycles. The Labute approximate surface area is 233 Å². The van der Waals surface area contributed by atoms with E-state index >= 15 is 0 Å². The van der Waals surface area contributed by atoms with Crippen LogP contribution in [0.2, 0.25) is 0 Å². The van der Waals surface area contributed by atoms with Crippen molar-refractivity contribution in [3.63, 3.8) is 0 Å². The Morgan fingerprint density at radius 2 is 1.87 bits per heavy atom. The lowest BCUT2D eigenvalue weighted by Gasteiger charge is -2.37. The molecule has 0 bridgehead atoms. The SMILES string of the molecule is CC(C)(O)c1cnnn1[C@H]1C[C@@H](C(=O)NC2(C(=O)C(N)=O)CCSCC2)N(C(=O)[C@H](N)CC2CCCCC2)C1. The van der Waals surface area contributed by atoms with Crippen molar-refractivity contribution in [1.82, 2.24) is 25.2 Å². The van der Waals surface area contributed by atoms with Gasteiger partial charge in [0.1, 0.15) is 17.2 Å². The number of primary amides is 1. The highest BCUT2D eigenvalue weighted by Gasteiger charge is 2.48. The van der Waals surface area contributed by atoms with Crippen LogP contribution in [0.3, 0.4) is 0 Å². The molecule has 0 spiro atoms. The van der Waals surface area contributed by atoms with Gasteiger partial charge in [-0.1, -0.05) is 37.3 Å². The van der Waals surface area contributed by atoms with Gasteiger partial charge in [0.05, 0.1) is 24.0 Å². The van der Waals surface area contributed by atoms with Gasteiger partial charge in [-0.3, -0.25) is 19.2 Å². The van der Waals surface area contributed by atoms with E-state index in [4.69, 9.17) is 11.5 Å². The maximum atomic E-state index is 13.8. The summed E-state index contributed by atoms with van der Waals surface area (Å²) < 4.78 is 1.56. The van der Waals surface area contributed by atoms with Gasteiger partial charge in [0.2, 0.25) is 17.6 Å². The zero-order valence-corrected chi connectivity index (χ0v) is 23.6. The first-order valence-electron chi connectivity index (χ1n) is 13.9. The van der Waals surface area contributed by atoms with Crippen LogP contribution in [0.1, 0.15) is 83.4 Å². The third-order valence-corrected chi connectivity index (χ3v) is 9.39. The van der Waals surface area contributed by atoms with Crippen molar-refractivity contribution >= 4 is 35.3 Å². The summed E-state index contributed by atoms with van der Waals surface area (Å²) in [5.74, 6) is -1.21. The molecule has 3 amide bonds. The van der Waals surface area contributed by atoms with Gasteiger partial charge < -0.3 is 26.8 Å². The summed E-state index contributed by atoms with van der Waals surface area (Å²) in [6, 6.07) is -2.15. The summed E-state index contributed by atoms with van der Waals surface area (Å²) in [7, 11) is 0. The number of ketones is 1. The maximum Gasteiger partial charge on any atom is 0.287 e. The van der Waals surface area contributed by atoms with E-state index in [-0.39, 0.29) is 31.7 Å². The Balaban J connectivity index is 1.60. The number of hydrogen-bond donors (Lipinski definition) is 4. The molecule has 3 aliphatic rings. The Kier molecular flexibility index (Phi) is 9.01. The van der Waals surface area contributed by atoms with Gasteiger partial charge in [-0.25, -0.2) is 4.68 Å². The number of nitrogens with zero attached hydrogens (tertiary/aromatic N) is 4. The number of hydrogen-bond acceptors (Lipinski definition) is 9. The highest BCUT2D eigenvalue weighted by Crippen LogP contribution is 2.34. The lowest BCUT2D eigenvalue weighted by molar-refractivity contribution is -0.144. The fourth-order valence-electron chi connectivity index (χ4n) is 6.21. The number of nitrogens with one attached hydrogen (secondary N) is 1. The summed E-state index contributed by atoms with van der Waals surface area (Å²) in [6.45, 7) is 3.38. The number of aromatic nitrogens is 3. The summed E-state index contributed by atoms with van der Waals surface area (Å²) >= 11 is 1.64. The number of Topliss-reactive ketones (excluding diaryl/α,β-unsaturated/α-hetero) is 1. The topological polar surface area (TPSA) is 187 Å². The molecule has 1 aromatic rings. The van der Waals surface area contributed by atoms with Crippen LogP contribution in [-0.2, 0) is 24.8 Å². The van der Waals surface area contributed by atoms with E-state index in [9.17, 15) is 24.3 Å². The van der Waals surface area contributed by atoms with E-state index in [1.165, 1.54) is 17.5 Å². The molecule has 4 rings (SSSR count). The van der Waals surface area contributed by atoms with Crippen LogP contribution in [-0.4, -0.2) is 84.2 Å². The Hall–Kier alpha value is -2.51. The second kappa shape index (κ2) is 11.9. The van der Waals surface area contributed by atoms with Gasteiger partial charge in [0, 0.05) is 13.0 Å². The fourth-order valence-corrected chi connectivity index (χ4v) is 7.40. The minimum Gasteiger partial charge on any atom is -0.384 e. The fraction of sp³-hybridized carbons (Fsp3) is 0.769. The molecule has 3 atom stereocenters. The predicted octanol–water partition coefficient (Wildman–Crippen LogP) is 0.382. The largest absolute Gasteiger partial charge is 0.384 e. The molecule has 39 heavy (non-hydrogen) atoms. The Bertz CT molecular complexity index is 1070. The van der Waals surface area contributed by atoms with Gasteiger partial charge in [0.25, 0.3) is 5.91 Å². The van der Waals surface area contributed by atoms with Crippen LogP contribution in [0.25, 0.3) is 0 Å². The lowest BCUT2D eigenvalue weighted by atomic mass is 9.84. The molecule has 1 aromatic heterocycles. The van der Waals surface area contributed by atoms with Crippen LogP contribution >= 0.6 is 11.8 Å². The lowest BCUT2D eigenvalue weighted by Crippen LogP contribution is -2.63. The van der Waals surface area contributed by atoms with E-state index < -0.39 is 46.9 Å². The van der Waals surface area contributed by atoms with Gasteiger partial charge in [0.15, 0.2) is 0 Å². The second-order valence-corrected chi connectivity index (χ2v) is 13.0. The van der Waals surface area contributed by atoms with Crippen molar-refractivity contribution in [1.29, 1.82) is 0 Å². The van der Waals surface area contributed by atoms with Crippen LogP contribution in [0.5, 0.6) is 0 Å². The molecule has 3 fully saturated rings. The molecule has 13 heteroatoms.